The van der Waals surface area contributed by atoms with Crippen LogP contribution < -0.4 is 0 Å². The molecule has 1 rings (SSSR count). The van der Waals surface area contributed by atoms with Crippen molar-refractivity contribution >= 4 is 34.8 Å². The van der Waals surface area contributed by atoms with Gasteiger partial charge in [-0.1, -0.05) is 27.2 Å². The quantitative estimate of drug-likeness (QED) is 0.438. The second-order valence-corrected chi connectivity index (χ2v) is 6.08. The lowest BCUT2D eigenvalue weighted by Crippen LogP contribution is -2.13. The third-order valence-corrected chi connectivity index (χ3v) is 3.43. The fourth-order valence-electron chi connectivity index (χ4n) is 1.49. The second-order valence-electron chi connectivity index (χ2n) is 4.17. The number of pyridine rings is 1. The lowest BCUT2D eigenvalue weighted by atomic mass is 10.1. The number of hydrogen-bond donors (Lipinski definition) is 0. The molecular weight excluding hydrogens is 236 g/mol. The van der Waals surface area contributed by atoms with E-state index in [1.165, 1.54) is 12.8 Å². The summed E-state index contributed by atoms with van der Waals surface area (Å²) < 4.78 is 0.233. The highest BCUT2D eigenvalue weighted by molar-refractivity contribution is 8.00. The summed E-state index contributed by atoms with van der Waals surface area (Å²) in [5, 5.41) is 3.36. The van der Waals surface area contributed by atoms with Crippen molar-refractivity contribution in [1.82, 2.24) is 4.98 Å². The molecule has 0 bridgehead atoms. The summed E-state index contributed by atoms with van der Waals surface area (Å²) in [7, 11) is 0. The molecule has 0 spiro atoms. The highest BCUT2D eigenvalue weighted by Crippen LogP contribution is 2.34. The van der Waals surface area contributed by atoms with Gasteiger partial charge in [-0.15, -0.1) is 11.8 Å². The Morgan fingerprint density at radius 2 is 2.25 bits per heavy atom. The van der Waals surface area contributed by atoms with Crippen LogP contribution in [0.2, 0.25) is 0 Å². The molecule has 0 aliphatic carbocycles. The van der Waals surface area contributed by atoms with Crippen molar-refractivity contribution in [3.63, 3.8) is 0 Å². The van der Waals surface area contributed by atoms with Crippen molar-refractivity contribution in [1.29, 1.82) is 0 Å². The molecule has 0 saturated heterocycles. The minimum absolute atomic E-state index is 0.233. The molecular formula is C12H16N2S2. The predicted molar refractivity (Wildman–Crippen MR) is 73.8 cm³/mol. The Bertz CT molecular complexity index is 379. The summed E-state index contributed by atoms with van der Waals surface area (Å²) in [5.41, 5.74) is 0.757. The van der Waals surface area contributed by atoms with Crippen molar-refractivity contribution in [2.45, 2.75) is 43.4 Å². The van der Waals surface area contributed by atoms with E-state index in [-0.39, 0.29) is 4.75 Å². The van der Waals surface area contributed by atoms with E-state index < -0.39 is 0 Å². The lowest BCUT2D eigenvalue weighted by molar-refractivity contribution is 0.625. The molecule has 0 aliphatic rings. The fraction of sp³-hybridized carbons (Fsp3) is 0.500. The van der Waals surface area contributed by atoms with Crippen LogP contribution in [-0.4, -0.2) is 14.9 Å². The number of isothiocyanates is 1. The van der Waals surface area contributed by atoms with E-state index in [9.17, 15) is 0 Å². The molecule has 0 aromatic carbocycles. The topological polar surface area (TPSA) is 25.2 Å². The maximum absolute atomic E-state index is 4.54. The van der Waals surface area contributed by atoms with Crippen LogP contribution in [0.4, 0.5) is 5.69 Å². The Labute approximate surface area is 107 Å². The number of aliphatic imine (C=N–C) groups is 1. The lowest BCUT2D eigenvalue weighted by Gasteiger charge is -2.22. The number of aromatic nitrogens is 1. The first kappa shape index (κ1) is 13.4. The molecule has 1 heterocycles. The molecule has 0 N–H and O–H groups in total. The summed E-state index contributed by atoms with van der Waals surface area (Å²) in [5.74, 6) is 0. The molecule has 0 saturated carbocycles. The number of thioether (sulfide) groups is 1. The third-order valence-electron chi connectivity index (χ3n) is 2.13. The first-order valence-electron chi connectivity index (χ1n) is 5.30. The predicted octanol–water partition coefficient (Wildman–Crippen LogP) is 4.49. The normalized spacial score (nSPS) is 10.9. The van der Waals surface area contributed by atoms with Gasteiger partial charge in [-0.05, 0) is 30.8 Å². The standard InChI is InChI=1S/C12H16N2S2/c1-4-7-12(2,3)16-11-6-5-10(8-13-11)14-9-15/h5-6,8H,4,7H2,1-3H3. The van der Waals surface area contributed by atoms with Crippen LogP contribution in [0.15, 0.2) is 28.3 Å². The van der Waals surface area contributed by atoms with E-state index in [0.717, 1.165) is 10.7 Å². The van der Waals surface area contributed by atoms with Crippen molar-refractivity contribution in [2.75, 3.05) is 0 Å². The molecule has 0 fully saturated rings. The molecule has 2 nitrogen and oxygen atoms in total. The third kappa shape index (κ3) is 4.44. The SMILES string of the molecule is CCCC(C)(C)Sc1ccc(N=C=S)cn1. The number of thiocarbonyl (C=S) groups is 1. The van der Waals surface area contributed by atoms with Crippen LogP contribution in [0.1, 0.15) is 33.6 Å². The second kappa shape index (κ2) is 6.14. The minimum atomic E-state index is 0.233. The molecule has 4 heteroatoms. The summed E-state index contributed by atoms with van der Waals surface area (Å²) >= 11 is 6.34. The maximum Gasteiger partial charge on any atom is 0.0966 e. The molecule has 1 aromatic rings. The molecule has 0 amide bonds. The van der Waals surface area contributed by atoms with Gasteiger partial charge in [-0.2, -0.15) is 4.99 Å². The van der Waals surface area contributed by atoms with Gasteiger partial charge in [0.05, 0.1) is 22.1 Å². The van der Waals surface area contributed by atoms with Gasteiger partial charge < -0.3 is 0 Å². The van der Waals surface area contributed by atoms with E-state index in [2.05, 4.69) is 48.1 Å². The van der Waals surface area contributed by atoms with Crippen molar-refractivity contribution in [3.05, 3.63) is 18.3 Å². The van der Waals surface area contributed by atoms with E-state index in [0.29, 0.717) is 0 Å². The van der Waals surface area contributed by atoms with Gasteiger partial charge in [0.1, 0.15) is 0 Å². The summed E-state index contributed by atoms with van der Waals surface area (Å²) in [6.45, 7) is 6.69. The van der Waals surface area contributed by atoms with Crippen LogP contribution >= 0.6 is 24.0 Å². The fourth-order valence-corrected chi connectivity index (χ4v) is 2.71. The van der Waals surface area contributed by atoms with E-state index in [1.54, 1.807) is 18.0 Å². The van der Waals surface area contributed by atoms with Crippen LogP contribution in [-0.2, 0) is 0 Å². The first-order valence-corrected chi connectivity index (χ1v) is 6.53. The molecule has 1 aromatic heterocycles. The Balaban J connectivity index is 2.71. The zero-order valence-electron chi connectivity index (χ0n) is 9.86. The summed E-state index contributed by atoms with van der Waals surface area (Å²) in [4.78, 5) is 8.22. The number of hydrogen-bond acceptors (Lipinski definition) is 4. The van der Waals surface area contributed by atoms with Gasteiger partial charge in [0, 0.05) is 4.75 Å². The van der Waals surface area contributed by atoms with Gasteiger partial charge in [-0.3, -0.25) is 0 Å². The highest BCUT2D eigenvalue weighted by atomic mass is 32.2. The van der Waals surface area contributed by atoms with Crippen LogP contribution in [0.25, 0.3) is 0 Å². The van der Waals surface area contributed by atoms with Crippen LogP contribution in [0.3, 0.4) is 0 Å². The van der Waals surface area contributed by atoms with Gasteiger partial charge >= 0.3 is 0 Å². The molecule has 16 heavy (non-hydrogen) atoms. The minimum Gasteiger partial charge on any atom is -0.248 e. The van der Waals surface area contributed by atoms with Crippen molar-refractivity contribution in [3.8, 4) is 0 Å². The van der Waals surface area contributed by atoms with Crippen LogP contribution in [0.5, 0.6) is 0 Å². The Kier molecular flexibility index (Phi) is 5.13. The summed E-state index contributed by atoms with van der Waals surface area (Å²) in [6.07, 6.45) is 4.09. The average Bonchev–Trinajstić information content (AvgIpc) is 2.21. The zero-order chi connectivity index (χ0) is 12.0. The molecule has 86 valence electrons. The van der Waals surface area contributed by atoms with E-state index in [4.69, 9.17) is 0 Å². The van der Waals surface area contributed by atoms with Crippen molar-refractivity contribution < 1.29 is 0 Å². The maximum atomic E-state index is 4.54. The van der Waals surface area contributed by atoms with Gasteiger partial charge in [0.2, 0.25) is 0 Å². The molecule has 0 unspecified atom stereocenters. The Morgan fingerprint density at radius 3 is 2.75 bits per heavy atom. The van der Waals surface area contributed by atoms with Crippen LogP contribution in [0, 0.1) is 0 Å². The number of nitrogens with zero attached hydrogens (tertiary/aromatic N) is 2. The average molecular weight is 252 g/mol. The molecule has 0 radical (unpaired) electrons. The van der Waals surface area contributed by atoms with Gasteiger partial charge in [0.25, 0.3) is 0 Å². The highest BCUT2D eigenvalue weighted by Gasteiger charge is 2.18. The van der Waals surface area contributed by atoms with E-state index >= 15 is 0 Å². The Morgan fingerprint density at radius 1 is 1.50 bits per heavy atom. The molecule has 0 aliphatic heterocycles. The smallest absolute Gasteiger partial charge is 0.0966 e. The number of rotatable bonds is 5. The monoisotopic (exact) mass is 252 g/mol. The Hall–Kier alpha value is -0.700. The largest absolute Gasteiger partial charge is 0.248 e. The molecule has 0 atom stereocenters. The van der Waals surface area contributed by atoms with E-state index in [1.807, 2.05) is 12.1 Å². The summed E-state index contributed by atoms with van der Waals surface area (Å²) in [6, 6.07) is 3.89. The first-order chi connectivity index (χ1) is 7.57. The van der Waals surface area contributed by atoms with Gasteiger partial charge in [-0.25, -0.2) is 4.98 Å². The van der Waals surface area contributed by atoms with Crippen molar-refractivity contribution in [2.24, 2.45) is 4.99 Å². The van der Waals surface area contributed by atoms with Gasteiger partial charge in [0.15, 0.2) is 0 Å². The zero-order valence-corrected chi connectivity index (χ0v) is 11.5.